The number of aliphatic hydroxyl groups excluding tert-OH is 1. The third kappa shape index (κ3) is 1.88. The van der Waals surface area contributed by atoms with Crippen LogP contribution in [0, 0.1) is 0 Å². The molecule has 0 bridgehead atoms. The number of nitrogens with one attached hydrogen (secondary N) is 1. The van der Waals surface area contributed by atoms with E-state index in [0.717, 1.165) is 40.8 Å². The first kappa shape index (κ1) is 15.3. The number of rotatable bonds is 3. The highest BCUT2D eigenvalue weighted by atomic mass is 16.5. The van der Waals surface area contributed by atoms with Crippen LogP contribution in [-0.2, 0) is 6.42 Å². The van der Waals surface area contributed by atoms with Gasteiger partial charge in [0.25, 0.3) is 0 Å². The predicted octanol–water partition coefficient (Wildman–Crippen LogP) is 2.61. The molecular formula is C19H21NO4. The normalized spacial score (nSPS) is 20.8. The van der Waals surface area contributed by atoms with Crippen LogP contribution in [0.2, 0.25) is 0 Å². The monoisotopic (exact) mass is 327 g/mol. The molecule has 24 heavy (non-hydrogen) atoms. The molecule has 2 aromatic rings. The molecule has 0 unspecified atom stereocenters. The second-order valence-electron chi connectivity index (χ2n) is 6.08. The second-order valence-corrected chi connectivity index (χ2v) is 6.08. The average molecular weight is 327 g/mol. The van der Waals surface area contributed by atoms with Gasteiger partial charge in [0.1, 0.15) is 0 Å². The summed E-state index contributed by atoms with van der Waals surface area (Å²) >= 11 is 0. The van der Waals surface area contributed by atoms with E-state index in [9.17, 15) is 5.11 Å². The lowest BCUT2D eigenvalue weighted by molar-refractivity contribution is 0.123. The van der Waals surface area contributed by atoms with Gasteiger partial charge in [-0.05, 0) is 29.7 Å². The van der Waals surface area contributed by atoms with E-state index in [1.54, 1.807) is 21.3 Å². The Morgan fingerprint density at radius 3 is 2.42 bits per heavy atom. The summed E-state index contributed by atoms with van der Waals surface area (Å²) in [4.78, 5) is 0. The number of ether oxygens (including phenoxy) is 3. The minimum atomic E-state index is -0.601. The van der Waals surface area contributed by atoms with Gasteiger partial charge < -0.3 is 24.6 Å². The molecule has 126 valence electrons. The smallest absolute Gasteiger partial charge is 0.204 e. The van der Waals surface area contributed by atoms with Crippen molar-refractivity contribution in [2.75, 3.05) is 27.9 Å². The minimum absolute atomic E-state index is 0.174. The van der Waals surface area contributed by atoms with Crippen LogP contribution in [0.4, 0.5) is 0 Å². The van der Waals surface area contributed by atoms with Gasteiger partial charge in [0, 0.05) is 11.1 Å². The van der Waals surface area contributed by atoms with Crippen LogP contribution in [0.15, 0.2) is 24.3 Å². The zero-order valence-corrected chi connectivity index (χ0v) is 14.1. The van der Waals surface area contributed by atoms with Crippen molar-refractivity contribution in [3.8, 4) is 28.4 Å². The van der Waals surface area contributed by atoms with Crippen LogP contribution in [0.3, 0.4) is 0 Å². The van der Waals surface area contributed by atoms with Crippen LogP contribution >= 0.6 is 0 Å². The second kappa shape index (κ2) is 5.69. The number of hydrogen-bond donors (Lipinski definition) is 2. The summed E-state index contributed by atoms with van der Waals surface area (Å²) in [5.41, 5.74) is 5.02. The van der Waals surface area contributed by atoms with Gasteiger partial charge in [-0.15, -0.1) is 0 Å². The molecule has 1 heterocycles. The maximum absolute atomic E-state index is 10.9. The highest BCUT2D eigenvalue weighted by molar-refractivity contribution is 5.86. The fourth-order valence-electron chi connectivity index (χ4n) is 4.09. The summed E-state index contributed by atoms with van der Waals surface area (Å²) in [6.45, 7) is 0.780. The molecule has 5 heteroatoms. The SMILES string of the molecule is COc1c2c3c(c(OC)c1OC)-c1ccccc1[C@H](O)[C@H]3NCC2. The maximum atomic E-state index is 10.9. The van der Waals surface area contributed by atoms with Crippen LogP contribution < -0.4 is 19.5 Å². The van der Waals surface area contributed by atoms with Crippen LogP contribution in [-0.4, -0.2) is 33.0 Å². The van der Waals surface area contributed by atoms with Gasteiger partial charge in [-0.2, -0.15) is 0 Å². The molecule has 0 saturated heterocycles. The summed E-state index contributed by atoms with van der Waals surface area (Å²) in [5.74, 6) is 1.97. The molecule has 0 spiro atoms. The van der Waals surface area contributed by atoms with Crippen molar-refractivity contribution < 1.29 is 19.3 Å². The Balaban J connectivity index is 2.15. The van der Waals surface area contributed by atoms with Crippen molar-refractivity contribution in [1.29, 1.82) is 0 Å². The summed E-state index contributed by atoms with van der Waals surface area (Å²) in [6.07, 6.45) is 0.215. The highest BCUT2D eigenvalue weighted by Gasteiger charge is 2.41. The number of hydrogen-bond acceptors (Lipinski definition) is 5. The van der Waals surface area contributed by atoms with E-state index in [2.05, 4.69) is 5.32 Å². The Labute approximate surface area is 141 Å². The summed E-state index contributed by atoms with van der Waals surface area (Å²) in [7, 11) is 4.91. The molecule has 2 N–H and O–H groups in total. The zero-order valence-electron chi connectivity index (χ0n) is 14.1. The van der Waals surface area contributed by atoms with Crippen molar-refractivity contribution in [1.82, 2.24) is 5.32 Å². The van der Waals surface area contributed by atoms with Crippen molar-refractivity contribution >= 4 is 0 Å². The van der Waals surface area contributed by atoms with Crippen molar-refractivity contribution in [3.05, 3.63) is 41.0 Å². The molecule has 2 atom stereocenters. The molecule has 5 nitrogen and oxygen atoms in total. The van der Waals surface area contributed by atoms with Crippen LogP contribution in [0.25, 0.3) is 11.1 Å². The van der Waals surface area contributed by atoms with Crippen LogP contribution in [0.1, 0.15) is 28.8 Å². The molecule has 1 aliphatic carbocycles. The van der Waals surface area contributed by atoms with Crippen molar-refractivity contribution in [2.24, 2.45) is 0 Å². The van der Waals surface area contributed by atoms with Gasteiger partial charge in [-0.1, -0.05) is 24.3 Å². The molecule has 0 saturated carbocycles. The largest absolute Gasteiger partial charge is 0.492 e. The standard InChI is InChI=1S/C19H21NO4/c1-22-17-12-8-9-20-15-13(12)14(18(23-2)19(17)24-3)10-6-4-5-7-11(10)16(15)21/h4-7,15-16,20-21H,8-9H2,1-3H3/t15-,16-/m0/s1. The maximum Gasteiger partial charge on any atom is 0.204 e. The summed E-state index contributed by atoms with van der Waals surface area (Å²) in [5, 5.41) is 14.4. The Hall–Kier alpha value is -2.24. The Morgan fingerprint density at radius 2 is 1.71 bits per heavy atom. The summed E-state index contributed by atoms with van der Waals surface area (Å²) in [6, 6.07) is 7.74. The third-order valence-corrected chi connectivity index (χ3v) is 5.04. The summed E-state index contributed by atoms with van der Waals surface area (Å²) < 4.78 is 17.0. The zero-order chi connectivity index (χ0) is 16.8. The van der Waals surface area contributed by atoms with E-state index in [1.807, 2.05) is 24.3 Å². The first-order valence-electron chi connectivity index (χ1n) is 8.08. The first-order valence-corrected chi connectivity index (χ1v) is 8.08. The molecule has 0 fully saturated rings. The average Bonchev–Trinajstić information content (AvgIpc) is 2.64. The minimum Gasteiger partial charge on any atom is -0.492 e. The fourth-order valence-corrected chi connectivity index (χ4v) is 4.09. The topological polar surface area (TPSA) is 60.0 Å². The van der Waals surface area contributed by atoms with Crippen molar-refractivity contribution in [2.45, 2.75) is 18.6 Å². The van der Waals surface area contributed by atoms with Gasteiger partial charge in [0.15, 0.2) is 11.5 Å². The quantitative estimate of drug-likeness (QED) is 0.907. The van der Waals surface area contributed by atoms with Gasteiger partial charge in [0.2, 0.25) is 5.75 Å². The van der Waals surface area contributed by atoms with E-state index in [1.165, 1.54) is 0 Å². The van der Waals surface area contributed by atoms with Gasteiger partial charge in [-0.3, -0.25) is 0 Å². The molecule has 0 radical (unpaired) electrons. The first-order chi connectivity index (χ1) is 11.7. The molecule has 0 aromatic heterocycles. The lowest BCUT2D eigenvalue weighted by atomic mass is 9.75. The van der Waals surface area contributed by atoms with E-state index >= 15 is 0 Å². The number of benzene rings is 2. The van der Waals surface area contributed by atoms with Gasteiger partial charge >= 0.3 is 0 Å². The Bertz CT molecular complexity index is 802. The Morgan fingerprint density at radius 1 is 1.00 bits per heavy atom. The fraction of sp³-hybridized carbons (Fsp3) is 0.368. The molecule has 0 amide bonds. The van der Waals surface area contributed by atoms with Crippen LogP contribution in [0.5, 0.6) is 17.2 Å². The van der Waals surface area contributed by atoms with E-state index < -0.39 is 6.10 Å². The lowest BCUT2D eigenvalue weighted by Crippen LogP contribution is -2.37. The van der Waals surface area contributed by atoms with Gasteiger partial charge in [0.05, 0.1) is 33.5 Å². The third-order valence-electron chi connectivity index (χ3n) is 5.04. The molecular weight excluding hydrogens is 306 g/mol. The molecule has 1 aliphatic heterocycles. The van der Waals surface area contributed by atoms with Gasteiger partial charge in [-0.25, -0.2) is 0 Å². The molecule has 2 aliphatic rings. The number of fused-ring (bicyclic) bond motifs is 2. The highest BCUT2D eigenvalue weighted by Crippen LogP contribution is 2.57. The Kier molecular flexibility index (Phi) is 3.62. The lowest BCUT2D eigenvalue weighted by Gasteiger charge is -2.39. The predicted molar refractivity (Wildman–Crippen MR) is 90.9 cm³/mol. The number of methoxy groups -OCH3 is 3. The van der Waals surface area contributed by atoms with Crippen molar-refractivity contribution in [3.63, 3.8) is 0 Å². The van der Waals surface area contributed by atoms with E-state index in [0.29, 0.717) is 17.2 Å². The molecule has 4 rings (SSSR count). The van der Waals surface area contributed by atoms with E-state index in [-0.39, 0.29) is 6.04 Å². The number of aliphatic hydroxyl groups is 1. The van der Waals surface area contributed by atoms with E-state index in [4.69, 9.17) is 14.2 Å². The molecule has 2 aromatic carbocycles.